The minimum atomic E-state index is -1.14. The summed E-state index contributed by atoms with van der Waals surface area (Å²) in [4.78, 5) is 10.9. The fourth-order valence-electron chi connectivity index (χ4n) is 1.83. The van der Waals surface area contributed by atoms with Crippen molar-refractivity contribution in [3.8, 4) is 17.1 Å². The predicted molar refractivity (Wildman–Crippen MR) is 82.5 cm³/mol. The number of carbonyl (C=O) groups is 1. The van der Waals surface area contributed by atoms with Crippen LogP contribution in [0.3, 0.4) is 0 Å². The van der Waals surface area contributed by atoms with Crippen LogP contribution in [-0.4, -0.2) is 33.1 Å². The Balaban J connectivity index is 2.36. The molecule has 0 N–H and O–H groups in total. The average Bonchev–Trinajstić information content (AvgIpc) is 2.90. The van der Waals surface area contributed by atoms with Crippen molar-refractivity contribution in [3.05, 3.63) is 36.9 Å². The third kappa shape index (κ3) is 3.48. The third-order valence-corrected chi connectivity index (χ3v) is 4.05. The number of carboxylic acid groups (broad SMARTS) is 1. The van der Waals surface area contributed by atoms with Gasteiger partial charge in [0, 0.05) is 17.4 Å². The zero-order valence-electron chi connectivity index (χ0n) is 12.4. The van der Waals surface area contributed by atoms with Gasteiger partial charge in [-0.25, -0.2) is 0 Å². The first kappa shape index (κ1) is 16.1. The molecular formula is C15H16N3O3S-. The molecule has 0 bridgehead atoms. The van der Waals surface area contributed by atoms with Crippen LogP contribution in [0.15, 0.2) is 42.1 Å². The van der Waals surface area contributed by atoms with Crippen LogP contribution in [0.25, 0.3) is 11.4 Å². The molecule has 6 nitrogen and oxygen atoms in total. The summed E-state index contributed by atoms with van der Waals surface area (Å²) < 4.78 is 6.95. The first-order valence-corrected chi connectivity index (χ1v) is 7.50. The zero-order chi connectivity index (χ0) is 16.1. The summed E-state index contributed by atoms with van der Waals surface area (Å²) in [5.74, 6) is 0.262. The lowest BCUT2D eigenvalue weighted by Crippen LogP contribution is -2.31. The van der Waals surface area contributed by atoms with E-state index in [1.807, 2.05) is 28.8 Å². The molecule has 1 atom stereocenters. The van der Waals surface area contributed by atoms with E-state index < -0.39 is 11.2 Å². The third-order valence-electron chi connectivity index (χ3n) is 2.99. The molecule has 0 aliphatic carbocycles. The van der Waals surface area contributed by atoms with Crippen LogP contribution in [0.1, 0.15) is 6.92 Å². The van der Waals surface area contributed by atoms with Crippen LogP contribution in [-0.2, 0) is 11.3 Å². The molecule has 0 amide bonds. The summed E-state index contributed by atoms with van der Waals surface area (Å²) in [6, 6.07) is 7.41. The number of carboxylic acids is 1. The zero-order valence-corrected chi connectivity index (χ0v) is 13.2. The van der Waals surface area contributed by atoms with E-state index in [0.29, 0.717) is 17.5 Å². The van der Waals surface area contributed by atoms with Gasteiger partial charge in [-0.15, -0.1) is 16.8 Å². The van der Waals surface area contributed by atoms with E-state index in [1.54, 1.807) is 20.1 Å². The number of aromatic nitrogens is 3. The number of allylic oxidation sites excluding steroid dienone is 1. The molecule has 0 radical (unpaired) electrons. The lowest BCUT2D eigenvalue weighted by molar-refractivity contribution is -0.304. The van der Waals surface area contributed by atoms with Crippen LogP contribution in [0, 0.1) is 0 Å². The molecular weight excluding hydrogens is 302 g/mol. The van der Waals surface area contributed by atoms with Gasteiger partial charge >= 0.3 is 0 Å². The number of carbonyl (C=O) groups excluding carboxylic acids is 1. The molecule has 0 aliphatic rings. The van der Waals surface area contributed by atoms with Crippen molar-refractivity contribution >= 4 is 17.7 Å². The molecule has 2 aromatic rings. The van der Waals surface area contributed by atoms with Crippen molar-refractivity contribution in [3.63, 3.8) is 0 Å². The van der Waals surface area contributed by atoms with Crippen molar-refractivity contribution in [2.24, 2.45) is 0 Å². The Kier molecular flexibility index (Phi) is 5.21. The van der Waals surface area contributed by atoms with Crippen LogP contribution in [0.5, 0.6) is 5.75 Å². The summed E-state index contributed by atoms with van der Waals surface area (Å²) in [6.45, 7) is 5.76. The smallest absolute Gasteiger partial charge is 0.192 e. The number of nitrogens with zero attached hydrogens (tertiary/aromatic N) is 3. The largest absolute Gasteiger partial charge is 0.549 e. The quantitative estimate of drug-likeness (QED) is 0.566. The molecule has 0 fully saturated rings. The fraction of sp³-hybridized carbons (Fsp3) is 0.267. The maximum absolute atomic E-state index is 10.9. The molecule has 1 heterocycles. The second-order valence-electron chi connectivity index (χ2n) is 4.51. The fourth-order valence-corrected chi connectivity index (χ4v) is 2.62. The number of thioether (sulfide) groups is 1. The van der Waals surface area contributed by atoms with Gasteiger partial charge in [-0.2, -0.15) is 0 Å². The van der Waals surface area contributed by atoms with E-state index >= 15 is 0 Å². The van der Waals surface area contributed by atoms with Gasteiger partial charge in [-0.05, 0) is 31.2 Å². The molecule has 1 aromatic carbocycles. The topological polar surface area (TPSA) is 80.1 Å². The van der Waals surface area contributed by atoms with Gasteiger partial charge in [-0.1, -0.05) is 17.8 Å². The van der Waals surface area contributed by atoms with Gasteiger partial charge in [0.15, 0.2) is 11.0 Å². The van der Waals surface area contributed by atoms with Crippen molar-refractivity contribution in [2.45, 2.75) is 23.9 Å². The molecule has 22 heavy (non-hydrogen) atoms. The number of aliphatic carboxylic acids is 1. The van der Waals surface area contributed by atoms with Crippen LogP contribution in [0.4, 0.5) is 0 Å². The Morgan fingerprint density at radius 2 is 2.14 bits per heavy atom. The highest BCUT2D eigenvalue weighted by Crippen LogP contribution is 2.27. The maximum atomic E-state index is 10.9. The van der Waals surface area contributed by atoms with E-state index in [4.69, 9.17) is 4.74 Å². The summed E-state index contributed by atoms with van der Waals surface area (Å²) >= 11 is 1.10. The molecule has 0 saturated heterocycles. The van der Waals surface area contributed by atoms with Gasteiger partial charge in [0.2, 0.25) is 0 Å². The summed E-state index contributed by atoms with van der Waals surface area (Å²) in [5.41, 5.74) is 0.864. The number of benzene rings is 1. The van der Waals surface area contributed by atoms with Gasteiger partial charge in [0.25, 0.3) is 0 Å². The van der Waals surface area contributed by atoms with E-state index in [-0.39, 0.29) is 0 Å². The molecule has 0 saturated carbocycles. The first-order chi connectivity index (χ1) is 10.6. The molecule has 1 aromatic heterocycles. The minimum absolute atomic E-state index is 0.483. The van der Waals surface area contributed by atoms with Crippen molar-refractivity contribution in [2.75, 3.05) is 7.11 Å². The molecule has 0 unspecified atom stereocenters. The Hall–Kier alpha value is -2.28. The highest BCUT2D eigenvalue weighted by molar-refractivity contribution is 8.00. The standard InChI is InChI=1S/C15H17N3O3S/c1-4-9-18-13(11-5-7-12(21-3)8-6-11)16-17-15(18)22-10(2)14(19)20/h4-8,10H,1,9H2,2-3H3,(H,19,20)/p-1/t10-/m0/s1. The predicted octanol–water partition coefficient (Wildman–Crippen LogP) is 1.37. The molecule has 2 rings (SSSR count). The van der Waals surface area contributed by atoms with Gasteiger partial charge in [-0.3, -0.25) is 4.57 Å². The monoisotopic (exact) mass is 318 g/mol. The van der Waals surface area contributed by atoms with E-state index in [0.717, 1.165) is 23.1 Å². The Morgan fingerprint density at radius 1 is 1.45 bits per heavy atom. The summed E-state index contributed by atoms with van der Waals surface area (Å²) in [5, 5.41) is 18.9. The first-order valence-electron chi connectivity index (χ1n) is 6.62. The minimum Gasteiger partial charge on any atom is -0.549 e. The molecule has 0 spiro atoms. The van der Waals surface area contributed by atoms with Crippen molar-refractivity contribution < 1.29 is 14.6 Å². The second-order valence-corrected chi connectivity index (χ2v) is 5.82. The number of hydrogen-bond donors (Lipinski definition) is 0. The van der Waals surface area contributed by atoms with E-state index in [1.165, 1.54) is 0 Å². The van der Waals surface area contributed by atoms with Gasteiger partial charge in [0.05, 0.1) is 13.1 Å². The number of methoxy groups -OCH3 is 1. The van der Waals surface area contributed by atoms with E-state index in [9.17, 15) is 9.90 Å². The highest BCUT2D eigenvalue weighted by atomic mass is 32.2. The molecule has 0 aliphatic heterocycles. The van der Waals surface area contributed by atoms with Crippen LogP contribution in [0.2, 0.25) is 0 Å². The number of hydrogen-bond acceptors (Lipinski definition) is 6. The average molecular weight is 318 g/mol. The van der Waals surface area contributed by atoms with Gasteiger partial charge < -0.3 is 14.6 Å². The van der Waals surface area contributed by atoms with Crippen LogP contribution >= 0.6 is 11.8 Å². The maximum Gasteiger partial charge on any atom is 0.192 e. The second kappa shape index (κ2) is 7.13. The number of rotatable bonds is 7. The Labute approximate surface area is 132 Å². The Bertz CT molecular complexity index is 667. The lowest BCUT2D eigenvalue weighted by atomic mass is 10.2. The lowest BCUT2D eigenvalue weighted by Gasteiger charge is -2.13. The summed E-state index contributed by atoms with van der Waals surface area (Å²) in [6.07, 6.45) is 1.71. The van der Waals surface area contributed by atoms with Crippen molar-refractivity contribution in [1.29, 1.82) is 0 Å². The number of ether oxygens (including phenoxy) is 1. The van der Waals surface area contributed by atoms with Crippen molar-refractivity contribution in [1.82, 2.24) is 14.8 Å². The van der Waals surface area contributed by atoms with E-state index in [2.05, 4.69) is 16.8 Å². The van der Waals surface area contributed by atoms with Gasteiger partial charge in [0.1, 0.15) is 5.75 Å². The highest BCUT2D eigenvalue weighted by Gasteiger charge is 2.16. The Morgan fingerprint density at radius 3 is 2.68 bits per heavy atom. The summed E-state index contributed by atoms with van der Waals surface area (Å²) in [7, 11) is 1.60. The SMILES string of the molecule is C=CCn1c(S[C@@H](C)C(=O)[O-])nnc1-c1ccc(OC)cc1. The normalized spacial score (nSPS) is 11.9. The molecule has 116 valence electrons. The molecule has 7 heteroatoms. The van der Waals surface area contributed by atoms with Crippen LogP contribution < -0.4 is 9.84 Å².